The van der Waals surface area contributed by atoms with Gasteiger partial charge < -0.3 is 9.84 Å². The summed E-state index contributed by atoms with van der Waals surface area (Å²) < 4.78 is 18.8. The van der Waals surface area contributed by atoms with Crippen LogP contribution < -0.4 is 4.74 Å². The molecular formula is C15H15FO2. The van der Waals surface area contributed by atoms with E-state index in [2.05, 4.69) is 0 Å². The van der Waals surface area contributed by atoms with Gasteiger partial charge >= 0.3 is 0 Å². The van der Waals surface area contributed by atoms with Crippen LogP contribution in [-0.2, 0) is 13.2 Å². The lowest BCUT2D eigenvalue weighted by atomic mass is 10.1. The van der Waals surface area contributed by atoms with Crippen molar-refractivity contribution in [1.29, 1.82) is 0 Å². The van der Waals surface area contributed by atoms with E-state index < -0.39 is 0 Å². The Bertz CT molecular complexity index is 521. The van der Waals surface area contributed by atoms with Gasteiger partial charge in [0.1, 0.15) is 18.2 Å². The Balaban J connectivity index is 1.99. The number of hydrogen-bond donors (Lipinski definition) is 1. The lowest BCUT2D eigenvalue weighted by Crippen LogP contribution is -1.96. The third kappa shape index (κ3) is 3.08. The molecule has 0 fully saturated rings. The molecule has 1 N–H and O–H groups in total. The van der Waals surface area contributed by atoms with E-state index in [1.807, 2.05) is 24.3 Å². The molecule has 0 heterocycles. The molecule has 2 aromatic carbocycles. The summed E-state index contributed by atoms with van der Waals surface area (Å²) in [7, 11) is 0. The number of benzene rings is 2. The smallest absolute Gasteiger partial charge is 0.129 e. The molecule has 0 bridgehead atoms. The maximum atomic E-state index is 13.3. The van der Waals surface area contributed by atoms with Gasteiger partial charge in [-0.05, 0) is 29.7 Å². The van der Waals surface area contributed by atoms with E-state index in [4.69, 9.17) is 9.84 Å². The van der Waals surface area contributed by atoms with Gasteiger partial charge in [-0.2, -0.15) is 0 Å². The summed E-state index contributed by atoms with van der Waals surface area (Å²) in [6.07, 6.45) is 0. The summed E-state index contributed by atoms with van der Waals surface area (Å²) in [5.74, 6) is 0.257. The largest absolute Gasteiger partial charge is 0.489 e. The number of aryl methyl sites for hydroxylation is 1. The first-order chi connectivity index (χ1) is 8.69. The van der Waals surface area contributed by atoms with Gasteiger partial charge in [0, 0.05) is 6.07 Å². The van der Waals surface area contributed by atoms with Crippen LogP contribution in [0.15, 0.2) is 42.5 Å². The van der Waals surface area contributed by atoms with Crippen molar-refractivity contribution in [2.75, 3.05) is 0 Å². The Morgan fingerprint density at radius 2 is 1.72 bits per heavy atom. The van der Waals surface area contributed by atoms with Crippen LogP contribution in [0, 0.1) is 12.7 Å². The minimum Gasteiger partial charge on any atom is -0.489 e. The van der Waals surface area contributed by atoms with Gasteiger partial charge in [0.15, 0.2) is 0 Å². The summed E-state index contributed by atoms with van der Waals surface area (Å²) in [4.78, 5) is 0. The van der Waals surface area contributed by atoms with Crippen LogP contribution in [0.25, 0.3) is 0 Å². The number of halogens is 1. The lowest BCUT2D eigenvalue weighted by molar-refractivity contribution is 0.281. The molecule has 0 spiro atoms. The van der Waals surface area contributed by atoms with Crippen molar-refractivity contribution in [1.82, 2.24) is 0 Å². The zero-order valence-corrected chi connectivity index (χ0v) is 10.2. The number of aliphatic hydroxyl groups is 1. The van der Waals surface area contributed by atoms with Gasteiger partial charge in [0.25, 0.3) is 0 Å². The zero-order chi connectivity index (χ0) is 13.0. The number of aliphatic hydroxyl groups excluding tert-OH is 1. The van der Waals surface area contributed by atoms with E-state index in [1.165, 1.54) is 6.07 Å². The SMILES string of the molecule is Cc1ccc(OCc2ccc(CO)cc2)cc1F. The Morgan fingerprint density at radius 1 is 1.06 bits per heavy atom. The van der Waals surface area contributed by atoms with Crippen molar-refractivity contribution >= 4 is 0 Å². The molecule has 0 aliphatic carbocycles. The number of ether oxygens (including phenoxy) is 1. The summed E-state index contributed by atoms with van der Waals surface area (Å²) in [6.45, 7) is 2.13. The van der Waals surface area contributed by atoms with E-state index in [0.717, 1.165) is 11.1 Å². The van der Waals surface area contributed by atoms with Gasteiger partial charge in [-0.25, -0.2) is 4.39 Å². The molecule has 94 valence electrons. The highest BCUT2D eigenvalue weighted by molar-refractivity contribution is 5.28. The Labute approximate surface area is 106 Å². The fourth-order valence-electron chi connectivity index (χ4n) is 1.57. The lowest BCUT2D eigenvalue weighted by Gasteiger charge is -2.07. The molecule has 2 rings (SSSR count). The minimum absolute atomic E-state index is 0.0321. The normalized spacial score (nSPS) is 10.4. The predicted octanol–water partition coefficient (Wildman–Crippen LogP) is 3.21. The average Bonchev–Trinajstić information content (AvgIpc) is 2.41. The summed E-state index contributed by atoms with van der Waals surface area (Å²) in [5.41, 5.74) is 2.45. The van der Waals surface area contributed by atoms with Crippen LogP contribution in [0.5, 0.6) is 5.75 Å². The minimum atomic E-state index is -0.261. The molecule has 0 aliphatic rings. The van der Waals surface area contributed by atoms with E-state index in [0.29, 0.717) is 17.9 Å². The van der Waals surface area contributed by atoms with Crippen molar-refractivity contribution in [2.45, 2.75) is 20.1 Å². The summed E-state index contributed by atoms with van der Waals surface area (Å²) in [5, 5.41) is 8.92. The van der Waals surface area contributed by atoms with Crippen molar-refractivity contribution < 1.29 is 14.2 Å². The van der Waals surface area contributed by atoms with E-state index in [-0.39, 0.29) is 12.4 Å². The molecule has 0 aromatic heterocycles. The quantitative estimate of drug-likeness (QED) is 0.897. The van der Waals surface area contributed by atoms with E-state index in [1.54, 1.807) is 19.1 Å². The van der Waals surface area contributed by atoms with E-state index in [9.17, 15) is 4.39 Å². The Kier molecular flexibility index (Phi) is 3.95. The molecule has 0 amide bonds. The fraction of sp³-hybridized carbons (Fsp3) is 0.200. The van der Waals surface area contributed by atoms with Crippen LogP contribution >= 0.6 is 0 Å². The summed E-state index contributed by atoms with van der Waals surface area (Å²) >= 11 is 0. The van der Waals surface area contributed by atoms with Crippen LogP contribution in [0.4, 0.5) is 4.39 Å². The highest BCUT2D eigenvalue weighted by atomic mass is 19.1. The number of rotatable bonds is 4. The molecule has 0 unspecified atom stereocenters. The Morgan fingerprint density at radius 3 is 2.33 bits per heavy atom. The average molecular weight is 246 g/mol. The fourth-order valence-corrected chi connectivity index (χ4v) is 1.57. The summed E-state index contributed by atoms with van der Waals surface area (Å²) in [6, 6.07) is 12.3. The molecule has 0 radical (unpaired) electrons. The second-order valence-electron chi connectivity index (χ2n) is 4.17. The molecule has 18 heavy (non-hydrogen) atoms. The standard InChI is InChI=1S/C15H15FO2/c1-11-2-7-14(8-15(11)16)18-10-13-5-3-12(9-17)4-6-13/h2-8,17H,9-10H2,1H3. The van der Waals surface area contributed by atoms with Gasteiger partial charge in [0.05, 0.1) is 6.61 Å². The van der Waals surface area contributed by atoms with Crippen LogP contribution in [-0.4, -0.2) is 5.11 Å². The van der Waals surface area contributed by atoms with Gasteiger partial charge in [-0.3, -0.25) is 0 Å². The van der Waals surface area contributed by atoms with Crippen LogP contribution in [0.3, 0.4) is 0 Å². The highest BCUT2D eigenvalue weighted by Gasteiger charge is 2.01. The van der Waals surface area contributed by atoms with Crippen molar-refractivity contribution in [3.05, 3.63) is 65.0 Å². The first kappa shape index (κ1) is 12.6. The first-order valence-electron chi connectivity index (χ1n) is 5.76. The number of hydrogen-bond acceptors (Lipinski definition) is 2. The van der Waals surface area contributed by atoms with Crippen LogP contribution in [0.1, 0.15) is 16.7 Å². The maximum absolute atomic E-state index is 13.3. The van der Waals surface area contributed by atoms with Crippen molar-refractivity contribution in [2.24, 2.45) is 0 Å². The Hall–Kier alpha value is -1.87. The molecule has 3 heteroatoms. The molecule has 2 nitrogen and oxygen atoms in total. The topological polar surface area (TPSA) is 29.5 Å². The monoisotopic (exact) mass is 246 g/mol. The van der Waals surface area contributed by atoms with Gasteiger partial charge in [0.2, 0.25) is 0 Å². The second-order valence-corrected chi connectivity index (χ2v) is 4.17. The van der Waals surface area contributed by atoms with E-state index >= 15 is 0 Å². The zero-order valence-electron chi connectivity index (χ0n) is 10.2. The molecule has 2 aromatic rings. The third-order valence-electron chi connectivity index (χ3n) is 2.75. The molecule has 0 atom stereocenters. The predicted molar refractivity (Wildman–Crippen MR) is 67.8 cm³/mol. The molecule has 0 aliphatic heterocycles. The second kappa shape index (κ2) is 5.65. The first-order valence-corrected chi connectivity index (χ1v) is 5.76. The molecule has 0 saturated carbocycles. The molecule has 0 saturated heterocycles. The maximum Gasteiger partial charge on any atom is 0.129 e. The van der Waals surface area contributed by atoms with Crippen molar-refractivity contribution in [3.8, 4) is 5.75 Å². The molecular weight excluding hydrogens is 231 g/mol. The third-order valence-corrected chi connectivity index (χ3v) is 2.75. The van der Waals surface area contributed by atoms with Gasteiger partial charge in [-0.15, -0.1) is 0 Å². The van der Waals surface area contributed by atoms with Gasteiger partial charge in [-0.1, -0.05) is 30.3 Å². The highest BCUT2D eigenvalue weighted by Crippen LogP contribution is 2.17. The van der Waals surface area contributed by atoms with Crippen molar-refractivity contribution in [3.63, 3.8) is 0 Å². The van der Waals surface area contributed by atoms with Crippen LogP contribution in [0.2, 0.25) is 0 Å².